The van der Waals surface area contributed by atoms with Gasteiger partial charge in [-0.15, -0.1) is 12.8 Å². The highest BCUT2D eigenvalue weighted by Gasteiger charge is 2.68. The number of nitrogen functional groups attached to an aromatic ring is 2. The topological polar surface area (TPSA) is 291 Å². The Hall–Kier alpha value is -5.62. The van der Waals surface area contributed by atoms with Crippen molar-refractivity contribution in [1.29, 1.82) is 0 Å². The molecule has 8 N–H and O–H groups in total. The van der Waals surface area contributed by atoms with Crippen LogP contribution in [0.4, 0.5) is 20.4 Å². The third kappa shape index (κ3) is 6.70. The van der Waals surface area contributed by atoms with Gasteiger partial charge in [-0.2, -0.15) is 0 Å². The number of carbonyl (C=O) groups is 2. The summed E-state index contributed by atoms with van der Waals surface area (Å²) >= 11 is 0. The molecular weight excluding hydrogens is 722 g/mol. The van der Waals surface area contributed by atoms with E-state index in [0.29, 0.717) is 12.8 Å². The Morgan fingerprint density at radius 3 is 1.81 bits per heavy atom. The minimum Gasteiger partial charge on any atom is -0.459 e. The summed E-state index contributed by atoms with van der Waals surface area (Å²) in [4.78, 5) is 47.6. The van der Waals surface area contributed by atoms with Crippen LogP contribution < -0.4 is 11.5 Å². The number of aromatic nitrogens is 8. The first-order chi connectivity index (χ1) is 25.6. The van der Waals surface area contributed by atoms with Gasteiger partial charge < -0.3 is 50.8 Å². The molecule has 0 spiro atoms. The van der Waals surface area contributed by atoms with Crippen molar-refractivity contribution in [2.45, 2.75) is 87.1 Å². The van der Waals surface area contributed by atoms with Gasteiger partial charge in [0.15, 0.2) is 48.1 Å². The Morgan fingerprint density at radius 2 is 1.33 bits per heavy atom. The Morgan fingerprint density at radius 1 is 0.852 bits per heavy atom. The maximum absolute atomic E-state index is 16.1. The standard InChI is InChI=1S/C20H24FN5O6.C12H12FN5O4/c1-4-7-12(27)30-9-20(21)17(31-13(28)8-5-2)19(29,6-3)18(32-20)26-11-25-14-15(22)23-10-24-16(14)26;1-2-11(21)9(20)12(13,3-19)22-10(11)18-5-17-6-7(14)15-4-16-8(6)18/h3,10-11,17-18,29H,4-5,7-9H2,1-2H3,(H2,22,23,24);1,4-5,9-10,19-21H,3H2,(H2,14,15,16)/t17-,18+,19+,20+;9-,10+,11+,12+/m00/s1. The van der Waals surface area contributed by atoms with Crippen molar-refractivity contribution in [3.63, 3.8) is 0 Å². The normalized spacial score (nSPS) is 30.3. The van der Waals surface area contributed by atoms with Crippen LogP contribution in [0.2, 0.25) is 0 Å². The Kier molecular flexibility index (Phi) is 11.0. The molecule has 2 aliphatic rings. The number of rotatable bonds is 10. The lowest BCUT2D eigenvalue weighted by Gasteiger charge is -2.30. The second-order valence-corrected chi connectivity index (χ2v) is 12.2. The Bertz CT molecular complexity index is 2120. The van der Waals surface area contributed by atoms with E-state index in [4.69, 9.17) is 48.4 Å². The van der Waals surface area contributed by atoms with E-state index in [2.05, 4.69) is 35.8 Å². The second-order valence-electron chi connectivity index (χ2n) is 12.2. The lowest BCUT2D eigenvalue weighted by molar-refractivity contribution is -0.224. The van der Waals surface area contributed by atoms with Crippen LogP contribution in [0.25, 0.3) is 22.3 Å². The predicted octanol–water partition coefficient (Wildman–Crippen LogP) is -0.657. The van der Waals surface area contributed by atoms with Crippen molar-refractivity contribution in [1.82, 2.24) is 39.0 Å². The molecule has 6 heterocycles. The zero-order valence-corrected chi connectivity index (χ0v) is 28.7. The molecule has 2 saturated heterocycles. The molecule has 0 bridgehead atoms. The minimum atomic E-state index is -2.95. The number of halogens is 2. The largest absolute Gasteiger partial charge is 0.459 e. The van der Waals surface area contributed by atoms with E-state index in [-0.39, 0.29) is 46.8 Å². The van der Waals surface area contributed by atoms with Crippen LogP contribution in [-0.4, -0.2) is 120 Å². The molecule has 8 atom stereocenters. The molecule has 0 aliphatic carbocycles. The molecule has 0 unspecified atom stereocenters. The van der Waals surface area contributed by atoms with E-state index < -0.39 is 72.7 Å². The number of hydrogen-bond acceptors (Lipinski definition) is 18. The van der Waals surface area contributed by atoms with Crippen molar-refractivity contribution < 1.29 is 57.7 Å². The first kappa shape index (κ1) is 39.6. The van der Waals surface area contributed by atoms with Gasteiger partial charge in [-0.05, 0) is 12.8 Å². The number of carbonyl (C=O) groups excluding carboxylic acids is 2. The van der Waals surface area contributed by atoms with Crippen molar-refractivity contribution in [3.8, 4) is 24.7 Å². The van der Waals surface area contributed by atoms with E-state index in [9.17, 15) is 29.3 Å². The predicted molar refractivity (Wildman–Crippen MR) is 179 cm³/mol. The monoisotopic (exact) mass is 758 g/mol. The van der Waals surface area contributed by atoms with E-state index in [0.717, 1.165) is 21.8 Å². The van der Waals surface area contributed by atoms with Crippen LogP contribution in [0.3, 0.4) is 0 Å². The molecule has 0 amide bonds. The summed E-state index contributed by atoms with van der Waals surface area (Å²) in [5.41, 5.74) is 7.08. The number of aliphatic hydroxyl groups excluding tert-OH is 2. The number of alkyl halides is 2. The molecule has 6 rings (SSSR count). The molecule has 20 nitrogen and oxygen atoms in total. The SMILES string of the molecule is C#C[C@]1(O)[C@H](n2cnc3c(N)ncnc32)O[C@](F)(CO)[C@H]1O.C#C[C@]1(O)[C@H](n2cnc3c(N)ncnc32)O[C@](F)(COC(=O)CCC)[C@H]1OC(=O)CCC. The summed E-state index contributed by atoms with van der Waals surface area (Å²) in [7, 11) is 0. The fourth-order valence-corrected chi connectivity index (χ4v) is 5.78. The summed E-state index contributed by atoms with van der Waals surface area (Å²) in [6, 6.07) is 0. The van der Waals surface area contributed by atoms with Crippen molar-refractivity contribution >= 4 is 45.9 Å². The Balaban J connectivity index is 0.000000222. The second kappa shape index (κ2) is 15.0. The number of anilines is 2. The summed E-state index contributed by atoms with van der Waals surface area (Å²) in [6.45, 7) is 1.32. The van der Waals surface area contributed by atoms with Gasteiger partial charge in [0.25, 0.3) is 11.7 Å². The molecular formula is C32H36F2N10O10. The van der Waals surface area contributed by atoms with Gasteiger partial charge in [0, 0.05) is 12.8 Å². The van der Waals surface area contributed by atoms with Crippen LogP contribution in [0.1, 0.15) is 52.0 Å². The molecule has 0 aromatic carbocycles. The fraction of sp³-hybridized carbons (Fsp3) is 0.500. The van der Waals surface area contributed by atoms with Gasteiger partial charge in [0.2, 0.25) is 17.3 Å². The van der Waals surface area contributed by atoms with Gasteiger partial charge in [0.1, 0.15) is 30.3 Å². The van der Waals surface area contributed by atoms with Crippen LogP contribution in [0.5, 0.6) is 0 Å². The minimum absolute atomic E-state index is 0.0432. The number of esters is 2. The summed E-state index contributed by atoms with van der Waals surface area (Å²) in [5.74, 6) is -3.28. The average molecular weight is 759 g/mol. The number of ether oxygens (including phenoxy) is 4. The lowest BCUT2D eigenvalue weighted by atomic mass is 9.93. The maximum atomic E-state index is 16.1. The molecule has 288 valence electrons. The molecule has 0 saturated carbocycles. The van der Waals surface area contributed by atoms with E-state index in [1.54, 1.807) is 13.8 Å². The van der Waals surface area contributed by atoms with Crippen LogP contribution in [0.15, 0.2) is 25.3 Å². The highest BCUT2D eigenvalue weighted by molar-refractivity contribution is 5.82. The van der Waals surface area contributed by atoms with Crippen molar-refractivity contribution in [3.05, 3.63) is 25.3 Å². The number of aliphatic hydroxyl groups is 4. The number of imidazole rings is 2. The number of terminal acetylenes is 2. The first-order valence-corrected chi connectivity index (χ1v) is 16.2. The maximum Gasteiger partial charge on any atom is 0.306 e. The molecule has 4 aromatic rings. The van der Waals surface area contributed by atoms with Gasteiger partial charge in [-0.3, -0.25) is 18.7 Å². The molecule has 2 fully saturated rings. The van der Waals surface area contributed by atoms with Crippen molar-refractivity contribution in [2.75, 3.05) is 24.7 Å². The van der Waals surface area contributed by atoms with E-state index >= 15 is 4.39 Å². The number of fused-ring (bicyclic) bond motifs is 2. The highest BCUT2D eigenvalue weighted by atomic mass is 19.2. The van der Waals surface area contributed by atoms with Gasteiger partial charge in [-0.1, -0.05) is 25.7 Å². The van der Waals surface area contributed by atoms with Gasteiger partial charge in [0.05, 0.1) is 12.7 Å². The quantitative estimate of drug-likeness (QED) is 0.0864. The third-order valence-electron chi connectivity index (χ3n) is 8.53. The number of nitrogens with two attached hydrogens (primary N) is 2. The van der Waals surface area contributed by atoms with Crippen molar-refractivity contribution in [2.24, 2.45) is 0 Å². The summed E-state index contributed by atoms with van der Waals surface area (Å²) < 4.78 is 53.3. The zero-order valence-electron chi connectivity index (χ0n) is 28.7. The molecule has 0 radical (unpaired) electrons. The number of hydrogen-bond donors (Lipinski definition) is 6. The van der Waals surface area contributed by atoms with E-state index in [1.165, 1.54) is 12.7 Å². The van der Waals surface area contributed by atoms with Crippen LogP contribution in [0, 0.1) is 24.7 Å². The lowest BCUT2D eigenvalue weighted by Crippen LogP contribution is -2.53. The molecule has 2 aliphatic heterocycles. The average Bonchev–Trinajstić information content (AvgIpc) is 3.88. The first-order valence-electron chi connectivity index (χ1n) is 16.2. The third-order valence-corrected chi connectivity index (χ3v) is 8.53. The fourth-order valence-electron chi connectivity index (χ4n) is 5.78. The summed E-state index contributed by atoms with van der Waals surface area (Å²) in [6.07, 6.45) is 8.94. The van der Waals surface area contributed by atoms with E-state index in [1.807, 2.05) is 5.92 Å². The number of nitrogens with zero attached hydrogens (tertiary/aromatic N) is 8. The van der Waals surface area contributed by atoms with Gasteiger partial charge >= 0.3 is 11.9 Å². The Labute approximate surface area is 304 Å². The molecule has 4 aromatic heterocycles. The van der Waals surface area contributed by atoms with Crippen LogP contribution >= 0.6 is 0 Å². The molecule has 54 heavy (non-hydrogen) atoms. The van der Waals surface area contributed by atoms with Crippen LogP contribution in [-0.2, 0) is 28.5 Å². The highest BCUT2D eigenvalue weighted by Crippen LogP contribution is 2.48. The molecule has 22 heteroatoms. The zero-order chi connectivity index (χ0) is 39.6. The van der Waals surface area contributed by atoms with Gasteiger partial charge in [-0.25, -0.2) is 38.7 Å². The summed E-state index contributed by atoms with van der Waals surface area (Å²) in [5, 5.41) is 40.7. The smallest absolute Gasteiger partial charge is 0.306 e.